The van der Waals surface area contributed by atoms with Crippen molar-refractivity contribution in [1.29, 1.82) is 0 Å². The van der Waals surface area contributed by atoms with Crippen LogP contribution in [0.2, 0.25) is 0 Å². The van der Waals surface area contributed by atoms with E-state index in [0.29, 0.717) is 0 Å². The number of hydrogen-bond acceptors (Lipinski definition) is 2. The first kappa shape index (κ1) is 12.2. The van der Waals surface area contributed by atoms with E-state index >= 15 is 0 Å². The Morgan fingerprint density at radius 3 is 1.85 bits per heavy atom. The number of carbonyl (C=O) groups excluding carboxylic acids is 1. The molecule has 0 atom stereocenters. The molecule has 0 amide bonds. The molecule has 0 unspecified atom stereocenters. The number of halogens is 3. The normalized spacial score (nSPS) is 10.2. The Bertz CT molecular complexity index is 211. The van der Waals surface area contributed by atoms with E-state index in [0.717, 1.165) is 6.92 Å². The van der Waals surface area contributed by atoms with Gasteiger partial charge in [0.1, 0.15) is 12.2 Å². The molecule has 0 bridgehead atoms. The van der Waals surface area contributed by atoms with Crippen LogP contribution in [0.15, 0.2) is 22.9 Å². The minimum absolute atomic E-state index is 0.850. The lowest BCUT2D eigenvalue weighted by Gasteiger charge is -1.99. The lowest BCUT2D eigenvalue weighted by molar-refractivity contribution is -0.150. The van der Waals surface area contributed by atoms with Crippen LogP contribution in [0.5, 0.6) is 0 Å². The zero-order valence-corrected chi connectivity index (χ0v) is 7.78. The molecule has 0 spiro atoms. The van der Waals surface area contributed by atoms with Crippen LogP contribution in [0, 0.1) is 0 Å². The summed E-state index contributed by atoms with van der Waals surface area (Å²) in [4.78, 5) is 9.74. The molecule has 1 aromatic heterocycles. The molecule has 0 N–H and O–H groups in total. The third-order valence-electron chi connectivity index (χ3n) is 0.875. The van der Waals surface area contributed by atoms with Crippen LogP contribution in [-0.4, -0.2) is 12.0 Å². The fraction of sp³-hybridized carbons (Fsp3) is 0.375. The Labute approximate surface area is 78.2 Å². The first-order valence-electron chi connectivity index (χ1n) is 3.45. The molecular weight excluding hydrogens is 201 g/mol. The topological polar surface area (TPSA) is 17.1 Å². The standard InChI is InChI=1S/C4H5F3O.C4H4S/c1-3(8)2-4(5,6)7;1-2-4-5-3-1/h2H2,1H3;1-4H. The van der Waals surface area contributed by atoms with Crippen LogP contribution in [0.25, 0.3) is 0 Å². The highest BCUT2D eigenvalue weighted by Crippen LogP contribution is 2.18. The fourth-order valence-electron chi connectivity index (χ4n) is 0.509. The maximum absolute atomic E-state index is 11.1. The van der Waals surface area contributed by atoms with Crippen LogP contribution in [-0.2, 0) is 4.79 Å². The number of Topliss-reactive ketones (excluding diaryl/α,β-unsaturated/α-hetero) is 1. The maximum atomic E-state index is 11.1. The van der Waals surface area contributed by atoms with Crippen molar-refractivity contribution in [2.45, 2.75) is 19.5 Å². The van der Waals surface area contributed by atoms with E-state index in [1.165, 1.54) is 0 Å². The highest BCUT2D eigenvalue weighted by Gasteiger charge is 2.28. The summed E-state index contributed by atoms with van der Waals surface area (Å²) in [6, 6.07) is 4.04. The van der Waals surface area contributed by atoms with Gasteiger partial charge >= 0.3 is 6.18 Å². The van der Waals surface area contributed by atoms with Gasteiger partial charge in [-0.25, -0.2) is 0 Å². The zero-order chi connectivity index (χ0) is 10.3. The van der Waals surface area contributed by atoms with Crippen molar-refractivity contribution in [3.8, 4) is 0 Å². The van der Waals surface area contributed by atoms with Gasteiger partial charge in [0.15, 0.2) is 0 Å². The Balaban J connectivity index is 0.000000243. The largest absolute Gasteiger partial charge is 0.395 e. The summed E-state index contributed by atoms with van der Waals surface area (Å²) in [7, 11) is 0. The Hall–Kier alpha value is -0.840. The van der Waals surface area contributed by atoms with Gasteiger partial charge in [0, 0.05) is 0 Å². The highest BCUT2D eigenvalue weighted by molar-refractivity contribution is 7.07. The molecule has 74 valence electrons. The number of alkyl halides is 3. The van der Waals surface area contributed by atoms with Crippen molar-refractivity contribution >= 4 is 17.1 Å². The summed E-state index contributed by atoms with van der Waals surface area (Å²) < 4.78 is 33.3. The van der Waals surface area contributed by atoms with E-state index < -0.39 is 18.4 Å². The first-order valence-corrected chi connectivity index (χ1v) is 4.39. The van der Waals surface area contributed by atoms with Gasteiger partial charge in [-0.3, -0.25) is 4.79 Å². The molecule has 0 fully saturated rings. The van der Waals surface area contributed by atoms with Crippen molar-refractivity contribution < 1.29 is 18.0 Å². The van der Waals surface area contributed by atoms with Gasteiger partial charge in [0.05, 0.1) is 0 Å². The highest BCUT2D eigenvalue weighted by atomic mass is 32.1. The summed E-state index contributed by atoms with van der Waals surface area (Å²) in [5.74, 6) is -0.850. The van der Waals surface area contributed by atoms with Gasteiger partial charge < -0.3 is 0 Å². The molecule has 1 nitrogen and oxygen atoms in total. The van der Waals surface area contributed by atoms with Crippen LogP contribution in [0.3, 0.4) is 0 Å². The fourth-order valence-corrected chi connectivity index (χ4v) is 0.963. The maximum Gasteiger partial charge on any atom is 0.395 e. The molecule has 1 heterocycles. The molecule has 0 saturated heterocycles. The molecule has 13 heavy (non-hydrogen) atoms. The Morgan fingerprint density at radius 1 is 1.31 bits per heavy atom. The van der Waals surface area contributed by atoms with Crippen molar-refractivity contribution in [3.05, 3.63) is 22.9 Å². The lowest BCUT2D eigenvalue weighted by atomic mass is 10.3. The summed E-state index contributed by atoms with van der Waals surface area (Å²) in [5, 5.41) is 4.08. The zero-order valence-electron chi connectivity index (χ0n) is 6.97. The van der Waals surface area contributed by atoms with E-state index in [9.17, 15) is 18.0 Å². The molecule has 1 aromatic rings. The first-order chi connectivity index (χ1) is 5.92. The molecular formula is C8H9F3OS. The molecule has 5 heteroatoms. The number of thiophene rings is 1. The minimum atomic E-state index is -4.33. The van der Waals surface area contributed by atoms with Crippen LogP contribution < -0.4 is 0 Å². The van der Waals surface area contributed by atoms with Crippen molar-refractivity contribution in [2.24, 2.45) is 0 Å². The number of rotatable bonds is 1. The van der Waals surface area contributed by atoms with Crippen LogP contribution in [0.4, 0.5) is 13.2 Å². The van der Waals surface area contributed by atoms with Crippen molar-refractivity contribution in [3.63, 3.8) is 0 Å². The Kier molecular flexibility index (Phi) is 5.37. The van der Waals surface area contributed by atoms with Crippen molar-refractivity contribution in [2.75, 3.05) is 0 Å². The van der Waals surface area contributed by atoms with Gasteiger partial charge in [0.2, 0.25) is 0 Å². The minimum Gasteiger partial charge on any atom is -0.300 e. The van der Waals surface area contributed by atoms with E-state index in [4.69, 9.17) is 0 Å². The second-order valence-electron chi connectivity index (χ2n) is 2.29. The molecule has 0 saturated carbocycles. The third kappa shape index (κ3) is 11.2. The summed E-state index contributed by atoms with van der Waals surface area (Å²) in [6.07, 6.45) is -5.64. The predicted molar refractivity (Wildman–Crippen MR) is 45.7 cm³/mol. The molecule has 0 aliphatic heterocycles. The van der Waals surface area contributed by atoms with E-state index in [1.807, 2.05) is 22.9 Å². The monoisotopic (exact) mass is 210 g/mol. The summed E-state index contributed by atoms with van der Waals surface area (Å²) >= 11 is 1.71. The lowest BCUT2D eigenvalue weighted by Crippen LogP contribution is -2.11. The quantitative estimate of drug-likeness (QED) is 0.695. The number of carbonyl (C=O) groups is 1. The van der Waals surface area contributed by atoms with E-state index in [-0.39, 0.29) is 0 Å². The Morgan fingerprint density at radius 2 is 1.77 bits per heavy atom. The van der Waals surface area contributed by atoms with Gasteiger partial charge in [0.25, 0.3) is 0 Å². The SMILES string of the molecule is CC(=O)CC(F)(F)F.c1ccsc1. The van der Waals surface area contributed by atoms with Crippen molar-refractivity contribution in [1.82, 2.24) is 0 Å². The molecule has 0 aliphatic carbocycles. The number of hydrogen-bond donors (Lipinski definition) is 0. The van der Waals surface area contributed by atoms with Gasteiger partial charge in [-0.15, -0.1) is 0 Å². The summed E-state index contributed by atoms with van der Waals surface area (Å²) in [6.45, 7) is 0.910. The predicted octanol–water partition coefficient (Wildman–Crippen LogP) is 3.28. The second kappa shape index (κ2) is 5.75. The van der Waals surface area contributed by atoms with Gasteiger partial charge in [-0.05, 0) is 17.7 Å². The number of ketones is 1. The second-order valence-corrected chi connectivity index (χ2v) is 3.10. The molecule has 0 radical (unpaired) electrons. The average molecular weight is 210 g/mol. The molecule has 1 rings (SSSR count). The van der Waals surface area contributed by atoms with E-state index in [2.05, 4.69) is 0 Å². The van der Waals surface area contributed by atoms with Crippen LogP contribution >= 0.6 is 11.3 Å². The van der Waals surface area contributed by atoms with Crippen LogP contribution in [0.1, 0.15) is 13.3 Å². The van der Waals surface area contributed by atoms with E-state index in [1.54, 1.807) is 11.3 Å². The average Bonchev–Trinajstić information content (AvgIpc) is 2.33. The van der Waals surface area contributed by atoms with Gasteiger partial charge in [-0.2, -0.15) is 24.5 Å². The summed E-state index contributed by atoms with van der Waals surface area (Å²) in [5.41, 5.74) is 0. The van der Waals surface area contributed by atoms with Gasteiger partial charge in [-0.1, -0.05) is 12.1 Å². The molecule has 0 aliphatic rings. The molecule has 0 aromatic carbocycles. The third-order valence-corrected chi connectivity index (χ3v) is 1.50. The smallest absolute Gasteiger partial charge is 0.300 e.